The van der Waals surface area contributed by atoms with E-state index in [4.69, 9.17) is 12.2 Å². The van der Waals surface area contributed by atoms with E-state index in [0.29, 0.717) is 0 Å². The number of nitrogens with one attached hydrogen (secondary N) is 1. The van der Waals surface area contributed by atoms with Crippen molar-refractivity contribution in [2.24, 2.45) is 0 Å². The Bertz CT molecular complexity index is 336. The van der Waals surface area contributed by atoms with E-state index in [1.165, 1.54) is 30.4 Å². The highest BCUT2D eigenvalue weighted by Crippen LogP contribution is 2.37. The molecule has 0 aliphatic heterocycles. The Morgan fingerprint density at radius 1 is 1.50 bits per heavy atom. The first kappa shape index (κ1) is 7.99. The smallest absolute Gasteiger partial charge is 0.106 e. The third-order valence-corrected chi connectivity index (χ3v) is 3.22. The molecule has 0 unspecified atom stereocenters. The molecular formula is C10H13NS. The van der Waals surface area contributed by atoms with Crippen molar-refractivity contribution in [2.45, 2.75) is 32.1 Å². The summed E-state index contributed by atoms with van der Waals surface area (Å²) < 4.78 is 0.902. The van der Waals surface area contributed by atoms with Gasteiger partial charge in [0.15, 0.2) is 0 Å². The van der Waals surface area contributed by atoms with Crippen LogP contribution in [0.3, 0.4) is 0 Å². The van der Waals surface area contributed by atoms with Crippen molar-refractivity contribution in [1.29, 1.82) is 0 Å². The van der Waals surface area contributed by atoms with Crippen molar-refractivity contribution in [3.63, 3.8) is 0 Å². The van der Waals surface area contributed by atoms with E-state index in [1.807, 2.05) is 6.20 Å². The third-order valence-electron chi connectivity index (χ3n) is 2.80. The van der Waals surface area contributed by atoms with E-state index in [2.05, 4.69) is 18.0 Å². The predicted octanol–water partition coefficient (Wildman–Crippen LogP) is 3.32. The van der Waals surface area contributed by atoms with Crippen LogP contribution in [-0.4, -0.2) is 4.98 Å². The molecule has 1 N–H and O–H groups in total. The van der Waals surface area contributed by atoms with E-state index >= 15 is 0 Å². The maximum atomic E-state index is 5.18. The van der Waals surface area contributed by atoms with Crippen molar-refractivity contribution in [3.05, 3.63) is 28.0 Å². The summed E-state index contributed by atoms with van der Waals surface area (Å²) in [6.45, 7) is 2.12. The number of H-pyrrole nitrogens is 1. The molecule has 1 aromatic rings. The third kappa shape index (κ3) is 1.20. The average molecular weight is 179 g/mol. The van der Waals surface area contributed by atoms with Crippen molar-refractivity contribution in [1.82, 2.24) is 4.98 Å². The Morgan fingerprint density at radius 2 is 2.25 bits per heavy atom. The van der Waals surface area contributed by atoms with Crippen LogP contribution in [0.5, 0.6) is 0 Å². The van der Waals surface area contributed by atoms with Gasteiger partial charge in [0.2, 0.25) is 0 Å². The van der Waals surface area contributed by atoms with Crippen LogP contribution >= 0.6 is 12.2 Å². The van der Waals surface area contributed by atoms with Gasteiger partial charge >= 0.3 is 0 Å². The topological polar surface area (TPSA) is 15.8 Å². The fraction of sp³-hybridized carbons (Fsp3) is 0.500. The van der Waals surface area contributed by atoms with E-state index in [-0.39, 0.29) is 0 Å². The Morgan fingerprint density at radius 3 is 2.83 bits per heavy atom. The molecule has 0 atom stereocenters. The number of aromatic nitrogens is 1. The van der Waals surface area contributed by atoms with Crippen LogP contribution in [0, 0.1) is 11.6 Å². The molecule has 1 saturated carbocycles. The van der Waals surface area contributed by atoms with Gasteiger partial charge in [0.25, 0.3) is 0 Å². The standard InChI is InChI=1S/C10H13NS/c1-7-9(8-3-2-4-8)5-6-11-10(7)12/h5-6,8H,2-4H2,1H3,(H,11,12). The maximum absolute atomic E-state index is 5.18. The van der Waals surface area contributed by atoms with Gasteiger partial charge in [-0.1, -0.05) is 18.6 Å². The van der Waals surface area contributed by atoms with Crippen molar-refractivity contribution >= 4 is 12.2 Å². The minimum Gasteiger partial charge on any atom is -0.353 e. The second kappa shape index (κ2) is 3.02. The van der Waals surface area contributed by atoms with Gasteiger partial charge in [0.1, 0.15) is 4.64 Å². The van der Waals surface area contributed by atoms with Crippen LogP contribution in [0.25, 0.3) is 0 Å². The zero-order valence-electron chi connectivity index (χ0n) is 7.26. The highest BCUT2D eigenvalue weighted by molar-refractivity contribution is 7.71. The quantitative estimate of drug-likeness (QED) is 0.654. The lowest BCUT2D eigenvalue weighted by atomic mass is 9.79. The maximum Gasteiger partial charge on any atom is 0.106 e. The predicted molar refractivity (Wildman–Crippen MR) is 53.0 cm³/mol. The second-order valence-electron chi connectivity index (χ2n) is 3.51. The highest BCUT2D eigenvalue weighted by Gasteiger charge is 2.20. The van der Waals surface area contributed by atoms with E-state index in [0.717, 1.165) is 10.6 Å². The number of pyridine rings is 1. The van der Waals surface area contributed by atoms with Gasteiger partial charge in [-0.2, -0.15) is 0 Å². The number of hydrogen-bond donors (Lipinski definition) is 1. The van der Waals surface area contributed by atoms with Gasteiger partial charge in [-0.15, -0.1) is 0 Å². The lowest BCUT2D eigenvalue weighted by Gasteiger charge is -2.27. The zero-order chi connectivity index (χ0) is 8.55. The van der Waals surface area contributed by atoms with E-state index < -0.39 is 0 Å². The van der Waals surface area contributed by atoms with E-state index in [9.17, 15) is 0 Å². The first-order valence-electron chi connectivity index (χ1n) is 4.47. The molecule has 1 aromatic heterocycles. The summed E-state index contributed by atoms with van der Waals surface area (Å²) in [5.74, 6) is 0.793. The van der Waals surface area contributed by atoms with Gasteiger partial charge in [-0.3, -0.25) is 0 Å². The molecule has 1 nitrogen and oxygen atoms in total. The Kier molecular flexibility index (Phi) is 2.01. The van der Waals surface area contributed by atoms with Crippen LogP contribution in [-0.2, 0) is 0 Å². The molecule has 0 aromatic carbocycles. The van der Waals surface area contributed by atoms with Crippen LogP contribution < -0.4 is 0 Å². The Hall–Kier alpha value is -0.630. The highest BCUT2D eigenvalue weighted by atomic mass is 32.1. The summed E-state index contributed by atoms with van der Waals surface area (Å²) in [6.07, 6.45) is 6.04. The molecule has 2 rings (SSSR count). The summed E-state index contributed by atoms with van der Waals surface area (Å²) >= 11 is 5.18. The summed E-state index contributed by atoms with van der Waals surface area (Å²) in [5, 5.41) is 0. The summed E-state index contributed by atoms with van der Waals surface area (Å²) in [5.41, 5.74) is 2.74. The van der Waals surface area contributed by atoms with Crippen LogP contribution in [0.4, 0.5) is 0 Å². The van der Waals surface area contributed by atoms with Gasteiger partial charge in [-0.25, -0.2) is 0 Å². The molecular weight excluding hydrogens is 166 g/mol. The minimum absolute atomic E-state index is 0.793. The lowest BCUT2D eigenvalue weighted by Crippen LogP contribution is -2.10. The molecule has 12 heavy (non-hydrogen) atoms. The molecule has 0 spiro atoms. The van der Waals surface area contributed by atoms with Crippen LogP contribution in [0.2, 0.25) is 0 Å². The van der Waals surface area contributed by atoms with Crippen molar-refractivity contribution < 1.29 is 0 Å². The molecule has 1 heterocycles. The molecule has 64 valence electrons. The molecule has 1 fully saturated rings. The van der Waals surface area contributed by atoms with Crippen LogP contribution in [0.15, 0.2) is 12.3 Å². The fourth-order valence-corrected chi connectivity index (χ4v) is 1.92. The Labute approximate surface area is 77.8 Å². The van der Waals surface area contributed by atoms with Gasteiger partial charge in [0.05, 0.1) is 0 Å². The first-order chi connectivity index (χ1) is 5.79. The van der Waals surface area contributed by atoms with Crippen molar-refractivity contribution in [3.8, 4) is 0 Å². The van der Waals surface area contributed by atoms with E-state index in [1.54, 1.807) is 0 Å². The molecule has 0 amide bonds. The minimum atomic E-state index is 0.793. The largest absolute Gasteiger partial charge is 0.353 e. The zero-order valence-corrected chi connectivity index (χ0v) is 8.08. The SMILES string of the molecule is Cc1c(C2CCC2)cc[nH]c1=S. The molecule has 1 aliphatic carbocycles. The Balaban J connectivity index is 2.42. The summed E-state index contributed by atoms with van der Waals surface area (Å²) in [4.78, 5) is 3.06. The molecule has 1 aliphatic rings. The first-order valence-corrected chi connectivity index (χ1v) is 4.88. The summed E-state index contributed by atoms with van der Waals surface area (Å²) in [6, 6.07) is 2.18. The average Bonchev–Trinajstić information content (AvgIpc) is 1.95. The van der Waals surface area contributed by atoms with Gasteiger partial charge in [0, 0.05) is 6.20 Å². The molecule has 0 radical (unpaired) electrons. The lowest BCUT2D eigenvalue weighted by molar-refractivity contribution is 0.418. The van der Waals surface area contributed by atoms with Gasteiger partial charge < -0.3 is 4.98 Å². The normalized spacial score (nSPS) is 17.4. The fourth-order valence-electron chi connectivity index (χ4n) is 1.73. The monoisotopic (exact) mass is 179 g/mol. The summed E-state index contributed by atoms with van der Waals surface area (Å²) in [7, 11) is 0. The van der Waals surface area contributed by atoms with Crippen molar-refractivity contribution in [2.75, 3.05) is 0 Å². The number of hydrogen-bond acceptors (Lipinski definition) is 1. The molecule has 0 saturated heterocycles. The number of rotatable bonds is 1. The van der Waals surface area contributed by atoms with Gasteiger partial charge in [-0.05, 0) is 42.9 Å². The second-order valence-corrected chi connectivity index (χ2v) is 3.92. The van der Waals surface area contributed by atoms with Crippen LogP contribution in [0.1, 0.15) is 36.3 Å². The number of aromatic amines is 1. The molecule has 0 bridgehead atoms. The molecule has 2 heteroatoms.